The van der Waals surface area contributed by atoms with Crippen molar-refractivity contribution < 1.29 is 9.90 Å². The molecule has 1 rings (SSSR count). The molecule has 0 aliphatic rings. The Morgan fingerprint density at radius 2 is 1.88 bits per heavy atom. The maximum absolute atomic E-state index is 10.7. The number of rotatable bonds is 5. The molecule has 2 atom stereocenters. The predicted octanol–water partition coefficient (Wildman–Crippen LogP) is 2.53. The van der Waals surface area contributed by atoms with Gasteiger partial charge in [-0.3, -0.25) is 4.79 Å². The van der Waals surface area contributed by atoms with E-state index in [-0.39, 0.29) is 0 Å². The van der Waals surface area contributed by atoms with Crippen LogP contribution in [0, 0.1) is 0 Å². The third-order valence-corrected chi connectivity index (χ3v) is 3.57. The molecule has 2 N–H and O–H groups in total. The highest BCUT2D eigenvalue weighted by atomic mass is 32.2. The van der Waals surface area contributed by atoms with Crippen molar-refractivity contribution in [2.75, 3.05) is 7.05 Å². The van der Waals surface area contributed by atoms with E-state index in [9.17, 15) is 4.79 Å². The molecular formula is C12H17NO2S. The van der Waals surface area contributed by atoms with Crippen molar-refractivity contribution in [1.82, 2.24) is 5.32 Å². The third kappa shape index (κ3) is 3.54. The molecule has 2 unspecified atom stereocenters. The smallest absolute Gasteiger partial charge is 0.316 e. The zero-order valence-corrected chi connectivity index (χ0v) is 10.5. The highest BCUT2D eigenvalue weighted by molar-refractivity contribution is 8.00. The Balaban J connectivity index is 2.68. The summed E-state index contributed by atoms with van der Waals surface area (Å²) in [5.41, 5.74) is 1.20. The van der Waals surface area contributed by atoms with Gasteiger partial charge in [-0.2, -0.15) is 0 Å². The second-order valence-electron chi connectivity index (χ2n) is 3.68. The molecule has 0 saturated heterocycles. The quantitative estimate of drug-likeness (QED) is 0.775. The van der Waals surface area contributed by atoms with E-state index in [1.807, 2.05) is 31.3 Å². The van der Waals surface area contributed by atoms with E-state index >= 15 is 0 Å². The first-order valence-electron chi connectivity index (χ1n) is 5.21. The Morgan fingerprint density at radius 1 is 1.31 bits per heavy atom. The van der Waals surface area contributed by atoms with Gasteiger partial charge < -0.3 is 10.4 Å². The molecule has 0 fully saturated rings. The van der Waals surface area contributed by atoms with Crippen LogP contribution in [0.3, 0.4) is 0 Å². The van der Waals surface area contributed by atoms with Crippen LogP contribution in [0.15, 0.2) is 29.2 Å². The van der Waals surface area contributed by atoms with E-state index < -0.39 is 11.2 Å². The van der Waals surface area contributed by atoms with Gasteiger partial charge in [-0.1, -0.05) is 12.1 Å². The summed E-state index contributed by atoms with van der Waals surface area (Å²) in [7, 11) is 1.92. The second-order valence-corrected chi connectivity index (χ2v) is 5.09. The average molecular weight is 239 g/mol. The number of carboxylic acids is 1. The Bertz CT molecular complexity index is 351. The summed E-state index contributed by atoms with van der Waals surface area (Å²) in [6.07, 6.45) is 0. The van der Waals surface area contributed by atoms with Gasteiger partial charge >= 0.3 is 5.97 Å². The molecule has 0 amide bonds. The largest absolute Gasteiger partial charge is 0.480 e. The van der Waals surface area contributed by atoms with E-state index in [4.69, 9.17) is 5.11 Å². The number of thioether (sulfide) groups is 1. The van der Waals surface area contributed by atoms with Crippen molar-refractivity contribution in [2.45, 2.75) is 30.0 Å². The van der Waals surface area contributed by atoms with Gasteiger partial charge in [-0.05, 0) is 38.6 Å². The molecule has 0 aliphatic heterocycles. The minimum absolute atomic E-state index is 0.316. The number of hydrogen-bond donors (Lipinski definition) is 2. The number of aliphatic carboxylic acids is 1. The molecule has 0 heterocycles. The maximum Gasteiger partial charge on any atom is 0.316 e. The van der Waals surface area contributed by atoms with Gasteiger partial charge in [0.05, 0.1) is 0 Å². The van der Waals surface area contributed by atoms with E-state index in [0.29, 0.717) is 6.04 Å². The second kappa shape index (κ2) is 5.92. The molecule has 0 bridgehead atoms. The first-order valence-corrected chi connectivity index (χ1v) is 6.09. The molecule has 0 aromatic heterocycles. The lowest BCUT2D eigenvalue weighted by atomic mass is 10.1. The SMILES string of the molecule is CNC(C)c1ccc(SC(C)C(=O)O)cc1. The number of hydrogen-bond acceptors (Lipinski definition) is 3. The van der Waals surface area contributed by atoms with Crippen LogP contribution < -0.4 is 5.32 Å². The molecule has 16 heavy (non-hydrogen) atoms. The molecular weight excluding hydrogens is 222 g/mol. The van der Waals surface area contributed by atoms with Gasteiger partial charge in [0, 0.05) is 10.9 Å². The van der Waals surface area contributed by atoms with Crippen LogP contribution in [0.5, 0.6) is 0 Å². The average Bonchev–Trinajstić information content (AvgIpc) is 2.28. The van der Waals surface area contributed by atoms with Crippen molar-refractivity contribution >= 4 is 17.7 Å². The lowest BCUT2D eigenvalue weighted by Gasteiger charge is -2.11. The van der Waals surface area contributed by atoms with Crippen LogP contribution in [0.1, 0.15) is 25.5 Å². The summed E-state index contributed by atoms with van der Waals surface area (Å²) in [4.78, 5) is 11.7. The van der Waals surface area contributed by atoms with Crippen LogP contribution in [-0.4, -0.2) is 23.4 Å². The van der Waals surface area contributed by atoms with E-state index in [2.05, 4.69) is 12.2 Å². The number of nitrogens with one attached hydrogen (secondary N) is 1. The molecule has 0 radical (unpaired) electrons. The Kier molecular flexibility index (Phi) is 4.83. The Hall–Kier alpha value is -1.00. The molecule has 3 nitrogen and oxygen atoms in total. The molecule has 0 aliphatic carbocycles. The van der Waals surface area contributed by atoms with Gasteiger partial charge in [0.2, 0.25) is 0 Å². The topological polar surface area (TPSA) is 49.3 Å². The fourth-order valence-electron chi connectivity index (χ4n) is 1.26. The molecule has 0 spiro atoms. The summed E-state index contributed by atoms with van der Waals surface area (Å²) in [6, 6.07) is 8.30. The predicted molar refractivity (Wildman–Crippen MR) is 66.9 cm³/mol. The Morgan fingerprint density at radius 3 is 2.31 bits per heavy atom. The highest BCUT2D eigenvalue weighted by Crippen LogP contribution is 2.24. The summed E-state index contributed by atoms with van der Waals surface area (Å²) in [6.45, 7) is 3.78. The van der Waals surface area contributed by atoms with Gasteiger partial charge in [-0.25, -0.2) is 0 Å². The van der Waals surface area contributed by atoms with E-state index in [0.717, 1.165) is 4.90 Å². The van der Waals surface area contributed by atoms with Crippen LogP contribution >= 0.6 is 11.8 Å². The summed E-state index contributed by atoms with van der Waals surface area (Å²) < 4.78 is 0. The van der Waals surface area contributed by atoms with Crippen molar-refractivity contribution in [3.63, 3.8) is 0 Å². The minimum Gasteiger partial charge on any atom is -0.480 e. The fourth-order valence-corrected chi connectivity index (χ4v) is 2.06. The van der Waals surface area contributed by atoms with Crippen LogP contribution in [0.4, 0.5) is 0 Å². The molecule has 1 aromatic rings. The fraction of sp³-hybridized carbons (Fsp3) is 0.417. The van der Waals surface area contributed by atoms with Gasteiger partial charge in [-0.15, -0.1) is 11.8 Å². The third-order valence-electron chi connectivity index (χ3n) is 2.47. The summed E-state index contributed by atoms with van der Waals surface area (Å²) in [5.74, 6) is -0.780. The molecule has 1 aromatic carbocycles. The maximum atomic E-state index is 10.7. The normalized spacial score (nSPS) is 14.4. The van der Waals surface area contributed by atoms with Crippen molar-refractivity contribution in [3.8, 4) is 0 Å². The zero-order chi connectivity index (χ0) is 12.1. The summed E-state index contributed by atoms with van der Waals surface area (Å²) >= 11 is 1.36. The first kappa shape index (κ1) is 13.1. The van der Waals surface area contributed by atoms with Crippen LogP contribution in [0.25, 0.3) is 0 Å². The zero-order valence-electron chi connectivity index (χ0n) is 9.73. The van der Waals surface area contributed by atoms with Crippen LogP contribution in [-0.2, 0) is 4.79 Å². The lowest BCUT2D eigenvalue weighted by Crippen LogP contribution is -2.12. The van der Waals surface area contributed by atoms with Gasteiger partial charge in [0.15, 0.2) is 0 Å². The number of carboxylic acid groups (broad SMARTS) is 1. The molecule has 0 saturated carbocycles. The van der Waals surface area contributed by atoms with Crippen molar-refractivity contribution in [1.29, 1.82) is 0 Å². The highest BCUT2D eigenvalue weighted by Gasteiger charge is 2.12. The number of carbonyl (C=O) groups is 1. The monoisotopic (exact) mass is 239 g/mol. The molecule has 88 valence electrons. The number of benzene rings is 1. The first-order chi connectivity index (χ1) is 7.54. The van der Waals surface area contributed by atoms with E-state index in [1.54, 1.807) is 6.92 Å². The van der Waals surface area contributed by atoms with Crippen LogP contribution in [0.2, 0.25) is 0 Å². The lowest BCUT2D eigenvalue weighted by molar-refractivity contribution is -0.136. The Labute approximate surface area is 100 Å². The minimum atomic E-state index is -0.780. The standard InChI is InChI=1S/C12H17NO2S/c1-8(13-3)10-4-6-11(7-5-10)16-9(2)12(14)15/h4-9,13H,1-3H3,(H,14,15). The molecule has 4 heteroatoms. The van der Waals surface area contributed by atoms with Crippen molar-refractivity contribution in [3.05, 3.63) is 29.8 Å². The van der Waals surface area contributed by atoms with Gasteiger partial charge in [0.1, 0.15) is 5.25 Å². The van der Waals surface area contributed by atoms with Gasteiger partial charge in [0.25, 0.3) is 0 Å². The van der Waals surface area contributed by atoms with Crippen molar-refractivity contribution in [2.24, 2.45) is 0 Å². The summed E-state index contributed by atoms with van der Waals surface area (Å²) in [5, 5.41) is 11.5. The van der Waals surface area contributed by atoms with E-state index in [1.165, 1.54) is 17.3 Å².